The van der Waals surface area contributed by atoms with Gasteiger partial charge >= 0.3 is 0 Å². The molecule has 1 atom stereocenters. The smallest absolute Gasteiger partial charge is 0.265 e. The fourth-order valence-corrected chi connectivity index (χ4v) is 2.69. The minimum Gasteiger partial charge on any atom is -0.479 e. The van der Waals surface area contributed by atoms with Crippen LogP contribution in [0.2, 0.25) is 0 Å². The average molecular weight is 349 g/mol. The molecule has 0 bridgehead atoms. The number of benzene rings is 2. The number of para-hydroxylation sites is 1. The molecule has 8 heteroatoms. The molecule has 0 saturated carbocycles. The van der Waals surface area contributed by atoms with Crippen LogP contribution in [0.4, 0.5) is 11.4 Å². The Morgan fingerprint density at radius 3 is 2.92 bits per heavy atom. The lowest BCUT2D eigenvalue weighted by molar-refractivity contribution is -0.122. The van der Waals surface area contributed by atoms with Gasteiger partial charge in [-0.2, -0.15) is 0 Å². The van der Waals surface area contributed by atoms with E-state index in [0.29, 0.717) is 28.4 Å². The number of nitrogens with zero attached hydrogens (tertiary/aromatic N) is 3. The number of anilines is 2. The Morgan fingerprint density at radius 2 is 2.12 bits per heavy atom. The molecule has 4 rings (SSSR count). The molecule has 0 unspecified atom stereocenters. The normalized spacial score (nSPS) is 15.6. The van der Waals surface area contributed by atoms with Crippen LogP contribution in [0.25, 0.3) is 5.69 Å². The fraction of sp³-hybridized carbons (Fsp3) is 0.111. The second-order valence-electron chi connectivity index (χ2n) is 5.78. The van der Waals surface area contributed by atoms with E-state index in [9.17, 15) is 9.59 Å². The van der Waals surface area contributed by atoms with Crippen molar-refractivity contribution >= 4 is 23.2 Å². The maximum atomic E-state index is 12.7. The quantitative estimate of drug-likeness (QED) is 0.756. The summed E-state index contributed by atoms with van der Waals surface area (Å²) in [6.07, 6.45) is 2.67. The first kappa shape index (κ1) is 15.8. The Labute approximate surface area is 148 Å². The molecule has 26 heavy (non-hydrogen) atoms. The van der Waals surface area contributed by atoms with Gasteiger partial charge in [-0.1, -0.05) is 17.3 Å². The molecule has 0 aliphatic carbocycles. The van der Waals surface area contributed by atoms with Crippen LogP contribution in [0, 0.1) is 0 Å². The van der Waals surface area contributed by atoms with Gasteiger partial charge in [-0.3, -0.25) is 9.59 Å². The number of ether oxygens (including phenoxy) is 1. The van der Waals surface area contributed by atoms with Crippen molar-refractivity contribution in [1.82, 2.24) is 15.0 Å². The van der Waals surface area contributed by atoms with Crippen LogP contribution in [0.5, 0.6) is 5.75 Å². The predicted octanol–water partition coefficient (Wildman–Crippen LogP) is 2.24. The summed E-state index contributed by atoms with van der Waals surface area (Å²) in [6.45, 7) is 1.68. The van der Waals surface area contributed by atoms with Gasteiger partial charge in [0, 0.05) is 5.69 Å². The lowest BCUT2D eigenvalue weighted by atomic mass is 10.1. The third-order valence-corrected chi connectivity index (χ3v) is 3.99. The molecule has 2 aromatic carbocycles. The number of aromatic nitrogens is 3. The van der Waals surface area contributed by atoms with E-state index in [0.717, 1.165) is 0 Å². The molecule has 0 fully saturated rings. The SMILES string of the molecule is C[C@H]1Oc2ccc(NC(=O)c3ccccc3-n3ccnn3)cc2NC1=O. The summed E-state index contributed by atoms with van der Waals surface area (Å²) < 4.78 is 7.04. The van der Waals surface area contributed by atoms with Gasteiger partial charge in [0.25, 0.3) is 11.8 Å². The molecule has 3 aromatic rings. The molecule has 1 aliphatic rings. The first-order valence-electron chi connectivity index (χ1n) is 8.00. The van der Waals surface area contributed by atoms with E-state index in [1.54, 1.807) is 55.7 Å². The van der Waals surface area contributed by atoms with Crippen molar-refractivity contribution in [2.75, 3.05) is 10.6 Å². The first-order chi connectivity index (χ1) is 12.6. The van der Waals surface area contributed by atoms with Crippen molar-refractivity contribution in [3.05, 3.63) is 60.4 Å². The van der Waals surface area contributed by atoms with Crippen molar-refractivity contribution in [3.63, 3.8) is 0 Å². The Bertz CT molecular complexity index is 984. The molecule has 1 aliphatic heterocycles. The van der Waals surface area contributed by atoms with E-state index < -0.39 is 6.10 Å². The zero-order valence-electron chi connectivity index (χ0n) is 13.8. The summed E-state index contributed by atoms with van der Waals surface area (Å²) in [4.78, 5) is 24.5. The highest BCUT2D eigenvalue weighted by atomic mass is 16.5. The van der Waals surface area contributed by atoms with E-state index in [2.05, 4.69) is 20.9 Å². The lowest BCUT2D eigenvalue weighted by Crippen LogP contribution is -2.34. The highest BCUT2D eigenvalue weighted by Crippen LogP contribution is 2.32. The molecule has 2 amide bonds. The van der Waals surface area contributed by atoms with Crippen LogP contribution < -0.4 is 15.4 Å². The maximum absolute atomic E-state index is 12.7. The minimum atomic E-state index is -0.544. The van der Waals surface area contributed by atoms with Gasteiger partial charge < -0.3 is 15.4 Å². The third-order valence-electron chi connectivity index (χ3n) is 3.99. The van der Waals surface area contributed by atoms with Crippen LogP contribution in [0.3, 0.4) is 0 Å². The Kier molecular flexibility index (Phi) is 3.85. The number of hydrogen-bond acceptors (Lipinski definition) is 5. The first-order valence-corrected chi connectivity index (χ1v) is 8.00. The largest absolute Gasteiger partial charge is 0.479 e. The molecule has 0 saturated heterocycles. The van der Waals surface area contributed by atoms with E-state index >= 15 is 0 Å². The highest BCUT2D eigenvalue weighted by molar-refractivity contribution is 6.07. The molecule has 0 spiro atoms. The third kappa shape index (κ3) is 2.88. The van der Waals surface area contributed by atoms with Crippen LogP contribution in [-0.2, 0) is 4.79 Å². The van der Waals surface area contributed by atoms with Gasteiger partial charge in [0.1, 0.15) is 5.75 Å². The standard InChI is InChI=1S/C18H15N5O3/c1-11-17(24)21-14-10-12(6-7-16(14)26-11)20-18(25)13-4-2-3-5-15(13)23-9-8-19-22-23/h2-11H,1H3,(H,20,25)(H,21,24)/t11-/m1/s1. The molecule has 2 N–H and O–H groups in total. The summed E-state index contributed by atoms with van der Waals surface area (Å²) in [7, 11) is 0. The van der Waals surface area contributed by atoms with Gasteiger partial charge in [0.05, 0.1) is 29.3 Å². The number of nitrogens with one attached hydrogen (secondary N) is 2. The number of fused-ring (bicyclic) bond motifs is 1. The van der Waals surface area contributed by atoms with E-state index in [4.69, 9.17) is 4.74 Å². The van der Waals surface area contributed by atoms with Crippen LogP contribution in [0.15, 0.2) is 54.9 Å². The molecule has 8 nitrogen and oxygen atoms in total. The van der Waals surface area contributed by atoms with Crippen molar-refractivity contribution in [2.45, 2.75) is 13.0 Å². The molecule has 0 radical (unpaired) electrons. The van der Waals surface area contributed by atoms with Gasteiger partial charge in [0.2, 0.25) is 0 Å². The van der Waals surface area contributed by atoms with Crippen molar-refractivity contribution < 1.29 is 14.3 Å². The van der Waals surface area contributed by atoms with Gasteiger partial charge in [0.15, 0.2) is 6.10 Å². The number of carbonyl (C=O) groups is 2. The minimum absolute atomic E-state index is 0.225. The lowest BCUT2D eigenvalue weighted by Gasteiger charge is -2.23. The second-order valence-corrected chi connectivity index (χ2v) is 5.78. The van der Waals surface area contributed by atoms with Gasteiger partial charge in [-0.25, -0.2) is 4.68 Å². The van der Waals surface area contributed by atoms with Crippen molar-refractivity contribution in [2.24, 2.45) is 0 Å². The van der Waals surface area contributed by atoms with Gasteiger partial charge in [-0.15, -0.1) is 5.10 Å². The fourth-order valence-electron chi connectivity index (χ4n) is 2.69. The Balaban J connectivity index is 1.60. The zero-order valence-corrected chi connectivity index (χ0v) is 13.8. The second kappa shape index (κ2) is 6.32. The Morgan fingerprint density at radius 1 is 1.27 bits per heavy atom. The number of carbonyl (C=O) groups excluding carboxylic acids is 2. The number of rotatable bonds is 3. The van der Waals surface area contributed by atoms with Crippen LogP contribution >= 0.6 is 0 Å². The van der Waals surface area contributed by atoms with Crippen LogP contribution in [-0.4, -0.2) is 32.9 Å². The van der Waals surface area contributed by atoms with E-state index in [-0.39, 0.29) is 11.8 Å². The summed E-state index contributed by atoms with van der Waals surface area (Å²) in [5, 5.41) is 13.3. The van der Waals surface area contributed by atoms with Crippen molar-refractivity contribution in [3.8, 4) is 11.4 Å². The zero-order chi connectivity index (χ0) is 18.1. The topological polar surface area (TPSA) is 98.1 Å². The van der Waals surface area contributed by atoms with E-state index in [1.165, 1.54) is 4.68 Å². The summed E-state index contributed by atoms with van der Waals surface area (Å²) in [6, 6.07) is 12.2. The van der Waals surface area contributed by atoms with Crippen molar-refractivity contribution in [1.29, 1.82) is 0 Å². The predicted molar refractivity (Wildman–Crippen MR) is 94.5 cm³/mol. The Hall–Kier alpha value is -3.68. The monoisotopic (exact) mass is 349 g/mol. The number of hydrogen-bond donors (Lipinski definition) is 2. The molecular formula is C18H15N5O3. The summed E-state index contributed by atoms with van der Waals surface area (Å²) >= 11 is 0. The average Bonchev–Trinajstić information content (AvgIpc) is 3.17. The molecule has 2 heterocycles. The summed E-state index contributed by atoms with van der Waals surface area (Å²) in [5.41, 5.74) is 2.13. The van der Waals surface area contributed by atoms with Gasteiger partial charge in [-0.05, 0) is 37.3 Å². The van der Waals surface area contributed by atoms with Crippen LogP contribution in [0.1, 0.15) is 17.3 Å². The number of amides is 2. The van der Waals surface area contributed by atoms with E-state index in [1.807, 2.05) is 6.07 Å². The maximum Gasteiger partial charge on any atom is 0.265 e. The highest BCUT2D eigenvalue weighted by Gasteiger charge is 2.24. The molecule has 1 aromatic heterocycles. The molecule has 130 valence electrons. The molecular weight excluding hydrogens is 334 g/mol. The summed E-state index contributed by atoms with van der Waals surface area (Å²) in [5.74, 6) is 0.0445.